The van der Waals surface area contributed by atoms with Gasteiger partial charge in [-0.3, -0.25) is 4.68 Å². The summed E-state index contributed by atoms with van der Waals surface area (Å²) in [6.07, 6.45) is 0.303. The van der Waals surface area contributed by atoms with Gasteiger partial charge in [0.1, 0.15) is 11.9 Å². The standard InChI is InChI=1S/C12H11BrClFN2O/c1-2-17-11(9(14)6-16-17)12(18)8-5-7(13)3-4-10(8)15/h3-6,12,18H,2H2,1H3. The van der Waals surface area contributed by atoms with Crippen LogP contribution in [0.5, 0.6) is 0 Å². The molecular formula is C12H11BrClFN2O. The molecule has 1 aromatic heterocycles. The quantitative estimate of drug-likeness (QED) is 0.933. The second-order valence-electron chi connectivity index (χ2n) is 3.76. The maximum absolute atomic E-state index is 13.7. The van der Waals surface area contributed by atoms with Gasteiger partial charge in [0.15, 0.2) is 0 Å². The fourth-order valence-corrected chi connectivity index (χ4v) is 2.39. The molecule has 1 aromatic carbocycles. The molecule has 0 aliphatic rings. The number of rotatable bonds is 3. The number of nitrogens with zero attached hydrogens (tertiary/aromatic N) is 2. The normalized spacial score (nSPS) is 12.7. The molecule has 2 aromatic rings. The molecule has 0 bridgehead atoms. The van der Waals surface area contributed by atoms with Crippen molar-refractivity contribution in [2.45, 2.75) is 19.6 Å². The van der Waals surface area contributed by atoms with Crippen LogP contribution in [0.15, 0.2) is 28.9 Å². The molecule has 0 saturated carbocycles. The van der Waals surface area contributed by atoms with Crippen molar-refractivity contribution < 1.29 is 9.50 Å². The Balaban J connectivity index is 2.50. The lowest BCUT2D eigenvalue weighted by Crippen LogP contribution is -2.11. The zero-order valence-corrected chi connectivity index (χ0v) is 11.9. The van der Waals surface area contributed by atoms with Crippen LogP contribution in [-0.2, 0) is 6.54 Å². The fraction of sp³-hybridized carbons (Fsp3) is 0.250. The van der Waals surface area contributed by atoms with E-state index >= 15 is 0 Å². The maximum Gasteiger partial charge on any atom is 0.129 e. The van der Waals surface area contributed by atoms with Gasteiger partial charge in [-0.25, -0.2) is 4.39 Å². The zero-order chi connectivity index (χ0) is 13.3. The first-order valence-corrected chi connectivity index (χ1v) is 6.56. The van der Waals surface area contributed by atoms with Crippen LogP contribution < -0.4 is 0 Å². The Kier molecular flexibility index (Phi) is 4.04. The van der Waals surface area contributed by atoms with Crippen LogP contribution in [0.1, 0.15) is 24.3 Å². The Hall–Kier alpha value is -0.910. The lowest BCUT2D eigenvalue weighted by molar-refractivity contribution is 0.203. The molecule has 0 fully saturated rings. The third kappa shape index (κ3) is 2.43. The summed E-state index contributed by atoms with van der Waals surface area (Å²) in [6, 6.07) is 4.40. The van der Waals surface area contributed by atoms with Crippen molar-refractivity contribution >= 4 is 27.5 Å². The van der Waals surface area contributed by atoms with E-state index in [1.165, 1.54) is 18.3 Å². The van der Waals surface area contributed by atoms with Gasteiger partial charge in [-0.1, -0.05) is 27.5 Å². The predicted molar refractivity (Wildman–Crippen MR) is 71.1 cm³/mol. The van der Waals surface area contributed by atoms with E-state index in [2.05, 4.69) is 21.0 Å². The van der Waals surface area contributed by atoms with Crippen molar-refractivity contribution in [3.8, 4) is 0 Å². The van der Waals surface area contributed by atoms with Gasteiger partial charge in [0, 0.05) is 16.6 Å². The summed E-state index contributed by atoms with van der Waals surface area (Å²) in [5, 5.41) is 14.6. The summed E-state index contributed by atoms with van der Waals surface area (Å²) < 4.78 is 16.0. The number of aromatic nitrogens is 2. The number of hydrogen-bond acceptors (Lipinski definition) is 2. The highest BCUT2D eigenvalue weighted by atomic mass is 79.9. The molecule has 0 spiro atoms. The summed E-state index contributed by atoms with van der Waals surface area (Å²) >= 11 is 9.23. The molecule has 0 aliphatic heterocycles. The molecule has 1 N–H and O–H groups in total. The molecule has 0 amide bonds. The van der Waals surface area contributed by atoms with Gasteiger partial charge in [0.25, 0.3) is 0 Å². The van der Waals surface area contributed by atoms with Gasteiger partial charge in [-0.05, 0) is 25.1 Å². The van der Waals surface area contributed by atoms with E-state index in [-0.39, 0.29) is 5.56 Å². The summed E-state index contributed by atoms with van der Waals surface area (Å²) in [5.41, 5.74) is 0.567. The van der Waals surface area contributed by atoms with Gasteiger partial charge in [0.2, 0.25) is 0 Å². The van der Waals surface area contributed by atoms with Crippen molar-refractivity contribution in [1.29, 1.82) is 0 Å². The number of aliphatic hydroxyl groups is 1. The van der Waals surface area contributed by atoms with Crippen molar-refractivity contribution in [2.75, 3.05) is 0 Å². The van der Waals surface area contributed by atoms with E-state index in [0.29, 0.717) is 21.7 Å². The van der Waals surface area contributed by atoms with Crippen molar-refractivity contribution in [2.24, 2.45) is 0 Å². The minimum atomic E-state index is -1.14. The molecule has 1 unspecified atom stereocenters. The molecular weight excluding hydrogens is 322 g/mol. The average molecular weight is 334 g/mol. The summed E-state index contributed by atoms with van der Waals surface area (Å²) in [7, 11) is 0. The van der Waals surface area contributed by atoms with Crippen LogP contribution in [0.2, 0.25) is 5.02 Å². The Labute approximate surface area is 117 Å². The Morgan fingerprint density at radius 1 is 1.56 bits per heavy atom. The van der Waals surface area contributed by atoms with Crippen LogP contribution in [0.4, 0.5) is 4.39 Å². The minimum absolute atomic E-state index is 0.168. The predicted octanol–water partition coefficient (Wildman–Crippen LogP) is 3.54. The Morgan fingerprint density at radius 3 is 2.94 bits per heavy atom. The van der Waals surface area contributed by atoms with Gasteiger partial charge in [0.05, 0.1) is 16.9 Å². The second kappa shape index (κ2) is 5.38. The van der Waals surface area contributed by atoms with E-state index < -0.39 is 11.9 Å². The van der Waals surface area contributed by atoms with Crippen molar-refractivity contribution in [1.82, 2.24) is 9.78 Å². The third-order valence-corrected chi connectivity index (χ3v) is 3.43. The smallest absolute Gasteiger partial charge is 0.129 e. The summed E-state index contributed by atoms with van der Waals surface area (Å²) in [4.78, 5) is 0. The van der Waals surface area contributed by atoms with Crippen LogP contribution in [0.3, 0.4) is 0 Å². The van der Waals surface area contributed by atoms with Crippen molar-refractivity contribution in [3.05, 3.63) is 51.0 Å². The van der Waals surface area contributed by atoms with Gasteiger partial charge in [-0.15, -0.1) is 0 Å². The molecule has 6 heteroatoms. The highest BCUT2D eigenvalue weighted by molar-refractivity contribution is 9.10. The van der Waals surface area contributed by atoms with E-state index in [1.807, 2.05) is 6.92 Å². The third-order valence-electron chi connectivity index (χ3n) is 2.64. The number of aliphatic hydroxyl groups excluding tert-OH is 1. The fourth-order valence-electron chi connectivity index (χ4n) is 1.77. The Morgan fingerprint density at radius 2 is 2.28 bits per heavy atom. The first-order valence-electron chi connectivity index (χ1n) is 5.38. The molecule has 3 nitrogen and oxygen atoms in total. The summed E-state index contributed by atoms with van der Waals surface area (Å²) in [5.74, 6) is -0.481. The van der Waals surface area contributed by atoms with Gasteiger partial charge in [-0.2, -0.15) is 5.10 Å². The van der Waals surface area contributed by atoms with Gasteiger partial charge >= 0.3 is 0 Å². The first kappa shape index (κ1) is 13.5. The van der Waals surface area contributed by atoms with Crippen molar-refractivity contribution in [3.63, 3.8) is 0 Å². The molecule has 1 heterocycles. The molecule has 18 heavy (non-hydrogen) atoms. The maximum atomic E-state index is 13.7. The highest BCUT2D eigenvalue weighted by Crippen LogP contribution is 2.31. The van der Waals surface area contributed by atoms with Crippen LogP contribution in [-0.4, -0.2) is 14.9 Å². The summed E-state index contributed by atoms with van der Waals surface area (Å²) in [6.45, 7) is 2.42. The molecule has 0 radical (unpaired) electrons. The van der Waals surface area contributed by atoms with E-state index in [0.717, 1.165) is 0 Å². The van der Waals surface area contributed by atoms with Crippen LogP contribution in [0, 0.1) is 5.82 Å². The number of benzene rings is 1. The minimum Gasteiger partial charge on any atom is -0.382 e. The topological polar surface area (TPSA) is 38.0 Å². The molecule has 0 saturated heterocycles. The Bertz CT molecular complexity index is 573. The zero-order valence-electron chi connectivity index (χ0n) is 9.57. The lowest BCUT2D eigenvalue weighted by atomic mass is 10.1. The van der Waals surface area contributed by atoms with Gasteiger partial charge < -0.3 is 5.11 Å². The second-order valence-corrected chi connectivity index (χ2v) is 5.08. The molecule has 96 valence electrons. The van der Waals surface area contributed by atoms with E-state index in [1.54, 1.807) is 10.7 Å². The van der Waals surface area contributed by atoms with E-state index in [4.69, 9.17) is 11.6 Å². The lowest BCUT2D eigenvalue weighted by Gasteiger charge is -2.14. The van der Waals surface area contributed by atoms with Crippen LogP contribution >= 0.6 is 27.5 Å². The average Bonchev–Trinajstić information content (AvgIpc) is 2.72. The molecule has 2 rings (SSSR count). The molecule has 1 atom stereocenters. The first-order chi connectivity index (χ1) is 8.54. The molecule has 0 aliphatic carbocycles. The number of hydrogen-bond donors (Lipinski definition) is 1. The monoisotopic (exact) mass is 332 g/mol. The number of halogens is 3. The van der Waals surface area contributed by atoms with Crippen LogP contribution in [0.25, 0.3) is 0 Å². The largest absolute Gasteiger partial charge is 0.382 e. The SMILES string of the molecule is CCn1ncc(Cl)c1C(O)c1cc(Br)ccc1F. The highest BCUT2D eigenvalue weighted by Gasteiger charge is 2.22. The number of aryl methyl sites for hydroxylation is 1. The van der Waals surface area contributed by atoms with E-state index in [9.17, 15) is 9.50 Å².